The number of aliphatic hydroxyl groups is 1. The lowest BCUT2D eigenvalue weighted by Gasteiger charge is -1.99. The lowest BCUT2D eigenvalue weighted by molar-refractivity contribution is -0.132. The molecule has 0 atom stereocenters. The topological polar surface area (TPSA) is 57.5 Å². The van der Waals surface area contributed by atoms with Gasteiger partial charge in [0.05, 0.1) is 0 Å². The molecule has 12 heavy (non-hydrogen) atoms. The predicted molar refractivity (Wildman–Crippen MR) is 46.9 cm³/mol. The van der Waals surface area contributed by atoms with Crippen molar-refractivity contribution >= 4 is 5.97 Å². The Morgan fingerprint density at radius 2 is 2.17 bits per heavy atom. The van der Waals surface area contributed by atoms with E-state index in [0.717, 1.165) is 12.8 Å². The number of carbonyl (C=O) groups is 1. The van der Waals surface area contributed by atoms with Crippen LogP contribution in [-0.2, 0) is 4.79 Å². The molecule has 0 fully saturated rings. The van der Waals surface area contributed by atoms with Crippen LogP contribution in [0.2, 0.25) is 0 Å². The number of hydrogen-bond donors (Lipinski definition) is 2. The summed E-state index contributed by atoms with van der Waals surface area (Å²) in [6.45, 7) is 2.04. The molecule has 3 nitrogen and oxygen atoms in total. The standard InChI is InChI=1S/C9H16O3/c1-2-3-5-8(9(11)12)6-4-7-10/h6,10H,2-5,7H2,1H3,(H,11,12)/b8-6-. The molecule has 0 heterocycles. The van der Waals surface area contributed by atoms with Gasteiger partial charge in [-0.2, -0.15) is 0 Å². The minimum atomic E-state index is -0.864. The lowest BCUT2D eigenvalue weighted by Crippen LogP contribution is -2.00. The van der Waals surface area contributed by atoms with Crippen LogP contribution in [0.15, 0.2) is 11.6 Å². The van der Waals surface area contributed by atoms with E-state index >= 15 is 0 Å². The SMILES string of the molecule is CCCC/C(=C/CCO)C(=O)O. The lowest BCUT2D eigenvalue weighted by atomic mass is 10.1. The molecule has 0 amide bonds. The molecule has 3 heteroatoms. The van der Waals surface area contributed by atoms with E-state index in [4.69, 9.17) is 10.2 Å². The molecule has 0 saturated heterocycles. The highest BCUT2D eigenvalue weighted by atomic mass is 16.4. The zero-order valence-electron chi connectivity index (χ0n) is 7.42. The highest BCUT2D eigenvalue weighted by molar-refractivity contribution is 5.86. The Hall–Kier alpha value is -0.830. The third-order valence-corrected chi connectivity index (χ3v) is 1.59. The highest BCUT2D eigenvalue weighted by Gasteiger charge is 2.04. The second-order valence-corrected chi connectivity index (χ2v) is 2.65. The predicted octanol–water partition coefficient (Wildman–Crippen LogP) is 1.57. The van der Waals surface area contributed by atoms with E-state index in [1.54, 1.807) is 6.08 Å². The van der Waals surface area contributed by atoms with Crippen LogP contribution >= 0.6 is 0 Å². The number of aliphatic carboxylic acids is 1. The number of unbranched alkanes of at least 4 members (excludes halogenated alkanes) is 1. The zero-order valence-corrected chi connectivity index (χ0v) is 7.42. The minimum Gasteiger partial charge on any atom is -0.478 e. The maximum atomic E-state index is 10.6. The summed E-state index contributed by atoms with van der Waals surface area (Å²) in [5.74, 6) is -0.864. The Morgan fingerprint density at radius 1 is 1.50 bits per heavy atom. The summed E-state index contributed by atoms with van der Waals surface area (Å²) in [6, 6.07) is 0. The third-order valence-electron chi connectivity index (χ3n) is 1.59. The van der Waals surface area contributed by atoms with E-state index in [1.165, 1.54) is 0 Å². The summed E-state index contributed by atoms with van der Waals surface area (Å²) < 4.78 is 0. The fourth-order valence-corrected chi connectivity index (χ4v) is 0.902. The molecular formula is C9H16O3. The molecule has 0 radical (unpaired) electrons. The Balaban J connectivity index is 3.94. The number of hydrogen-bond acceptors (Lipinski definition) is 2. The molecule has 0 bridgehead atoms. The van der Waals surface area contributed by atoms with Gasteiger partial charge >= 0.3 is 5.97 Å². The average Bonchev–Trinajstić information content (AvgIpc) is 2.04. The quantitative estimate of drug-likeness (QED) is 0.598. The van der Waals surface area contributed by atoms with Crippen LogP contribution in [0.1, 0.15) is 32.6 Å². The fourth-order valence-electron chi connectivity index (χ4n) is 0.902. The molecule has 0 unspecified atom stereocenters. The van der Waals surface area contributed by atoms with Crippen molar-refractivity contribution in [2.75, 3.05) is 6.61 Å². The smallest absolute Gasteiger partial charge is 0.331 e. The van der Waals surface area contributed by atoms with Gasteiger partial charge < -0.3 is 10.2 Å². The summed E-state index contributed by atoms with van der Waals surface area (Å²) >= 11 is 0. The number of rotatable bonds is 6. The number of aliphatic hydroxyl groups excluding tert-OH is 1. The van der Waals surface area contributed by atoms with Crippen molar-refractivity contribution in [2.45, 2.75) is 32.6 Å². The van der Waals surface area contributed by atoms with E-state index < -0.39 is 5.97 Å². The molecular weight excluding hydrogens is 156 g/mol. The van der Waals surface area contributed by atoms with Gasteiger partial charge in [-0.25, -0.2) is 4.79 Å². The molecule has 0 aromatic rings. The van der Waals surface area contributed by atoms with Crippen molar-refractivity contribution < 1.29 is 15.0 Å². The van der Waals surface area contributed by atoms with E-state index in [-0.39, 0.29) is 6.61 Å². The van der Waals surface area contributed by atoms with Gasteiger partial charge in [0.2, 0.25) is 0 Å². The molecule has 0 aliphatic heterocycles. The summed E-state index contributed by atoms with van der Waals surface area (Å²) in [5, 5.41) is 17.2. The number of carboxylic acid groups (broad SMARTS) is 1. The van der Waals surface area contributed by atoms with Gasteiger partial charge in [-0.15, -0.1) is 0 Å². The summed E-state index contributed by atoms with van der Waals surface area (Å²) in [4.78, 5) is 10.6. The van der Waals surface area contributed by atoms with Crippen LogP contribution in [0.4, 0.5) is 0 Å². The normalized spacial score (nSPS) is 11.7. The van der Waals surface area contributed by atoms with E-state index in [2.05, 4.69) is 0 Å². The Morgan fingerprint density at radius 3 is 2.58 bits per heavy atom. The van der Waals surface area contributed by atoms with Crippen LogP contribution in [0.5, 0.6) is 0 Å². The van der Waals surface area contributed by atoms with Gasteiger partial charge in [-0.05, 0) is 19.3 Å². The average molecular weight is 172 g/mol. The Labute approximate surface area is 72.7 Å². The van der Waals surface area contributed by atoms with E-state index in [0.29, 0.717) is 18.4 Å². The molecule has 0 aromatic carbocycles. The van der Waals surface area contributed by atoms with Crippen molar-refractivity contribution in [1.82, 2.24) is 0 Å². The molecule has 0 saturated carbocycles. The van der Waals surface area contributed by atoms with Gasteiger partial charge in [0, 0.05) is 12.2 Å². The zero-order chi connectivity index (χ0) is 9.40. The first kappa shape index (κ1) is 11.2. The minimum absolute atomic E-state index is 0.0168. The Kier molecular flexibility index (Phi) is 6.38. The first-order chi connectivity index (χ1) is 5.72. The monoisotopic (exact) mass is 172 g/mol. The van der Waals surface area contributed by atoms with Crippen molar-refractivity contribution in [1.29, 1.82) is 0 Å². The highest BCUT2D eigenvalue weighted by Crippen LogP contribution is 2.08. The van der Waals surface area contributed by atoms with Crippen molar-refractivity contribution in [3.8, 4) is 0 Å². The summed E-state index contributed by atoms with van der Waals surface area (Å²) in [5.41, 5.74) is 0.422. The summed E-state index contributed by atoms with van der Waals surface area (Å²) in [7, 11) is 0. The van der Waals surface area contributed by atoms with Crippen LogP contribution in [0.3, 0.4) is 0 Å². The van der Waals surface area contributed by atoms with Crippen molar-refractivity contribution in [3.63, 3.8) is 0 Å². The largest absolute Gasteiger partial charge is 0.478 e. The third kappa shape index (κ3) is 4.91. The first-order valence-corrected chi connectivity index (χ1v) is 4.25. The van der Waals surface area contributed by atoms with Gasteiger partial charge in [0.25, 0.3) is 0 Å². The van der Waals surface area contributed by atoms with E-state index in [1.807, 2.05) is 6.92 Å². The maximum Gasteiger partial charge on any atom is 0.331 e. The van der Waals surface area contributed by atoms with Crippen molar-refractivity contribution in [3.05, 3.63) is 11.6 Å². The van der Waals surface area contributed by atoms with Crippen LogP contribution < -0.4 is 0 Å². The molecule has 0 aromatic heterocycles. The molecule has 2 N–H and O–H groups in total. The number of carboxylic acids is 1. The molecule has 0 aliphatic carbocycles. The molecule has 0 rings (SSSR count). The van der Waals surface area contributed by atoms with Gasteiger partial charge in [0.1, 0.15) is 0 Å². The second-order valence-electron chi connectivity index (χ2n) is 2.65. The van der Waals surface area contributed by atoms with Crippen molar-refractivity contribution in [2.24, 2.45) is 0 Å². The maximum absolute atomic E-state index is 10.6. The van der Waals surface area contributed by atoms with Crippen LogP contribution in [0.25, 0.3) is 0 Å². The van der Waals surface area contributed by atoms with Gasteiger partial charge in [-0.3, -0.25) is 0 Å². The van der Waals surface area contributed by atoms with Crippen LogP contribution in [0, 0.1) is 0 Å². The first-order valence-electron chi connectivity index (χ1n) is 4.25. The summed E-state index contributed by atoms with van der Waals surface area (Å²) in [6.07, 6.45) is 4.52. The fraction of sp³-hybridized carbons (Fsp3) is 0.667. The molecule has 0 spiro atoms. The van der Waals surface area contributed by atoms with Gasteiger partial charge in [0.15, 0.2) is 0 Å². The van der Waals surface area contributed by atoms with E-state index in [9.17, 15) is 4.79 Å². The molecule has 0 aliphatic rings. The van der Waals surface area contributed by atoms with Gasteiger partial charge in [-0.1, -0.05) is 19.4 Å². The van der Waals surface area contributed by atoms with Crippen LogP contribution in [-0.4, -0.2) is 22.8 Å². The second kappa shape index (κ2) is 6.85. The Bertz CT molecular complexity index is 161. The molecule has 70 valence electrons.